The van der Waals surface area contributed by atoms with Gasteiger partial charge in [0.15, 0.2) is 0 Å². The van der Waals surface area contributed by atoms with Crippen LogP contribution in [0.15, 0.2) is 54.6 Å². The highest BCUT2D eigenvalue weighted by Gasteiger charge is 2.18. The Hall–Kier alpha value is -2.18. The molecule has 5 nitrogen and oxygen atoms in total. The molecular weight excluding hydrogens is 360 g/mol. The number of benzene rings is 2. The Morgan fingerprint density at radius 2 is 1.59 bits per heavy atom. The standard InChI is InChI=1S/C21H28N2O3S/c1-21(2,3)18-10-12-19(13-11-18)22-20(24)14-15-23(27(4,25)26)16-17-8-6-5-7-9-17/h5-13H,14-16H2,1-4H3,(H,22,24). The van der Waals surface area contributed by atoms with Gasteiger partial charge in [0.25, 0.3) is 0 Å². The second-order valence-electron chi connectivity index (χ2n) is 7.71. The zero-order chi connectivity index (χ0) is 20.1. The molecule has 146 valence electrons. The summed E-state index contributed by atoms with van der Waals surface area (Å²) >= 11 is 0. The largest absolute Gasteiger partial charge is 0.326 e. The van der Waals surface area contributed by atoms with Gasteiger partial charge in [-0.15, -0.1) is 0 Å². The van der Waals surface area contributed by atoms with Crippen LogP contribution in [0.3, 0.4) is 0 Å². The van der Waals surface area contributed by atoms with Crippen LogP contribution in [0.5, 0.6) is 0 Å². The lowest BCUT2D eigenvalue weighted by Gasteiger charge is -2.20. The van der Waals surface area contributed by atoms with Gasteiger partial charge in [-0.05, 0) is 28.7 Å². The molecule has 0 bridgehead atoms. The molecule has 0 saturated heterocycles. The van der Waals surface area contributed by atoms with Gasteiger partial charge in [-0.25, -0.2) is 8.42 Å². The predicted molar refractivity (Wildman–Crippen MR) is 110 cm³/mol. The normalized spacial score (nSPS) is 12.2. The Kier molecular flexibility index (Phi) is 6.78. The van der Waals surface area contributed by atoms with Crippen LogP contribution in [-0.2, 0) is 26.8 Å². The first-order valence-electron chi connectivity index (χ1n) is 8.95. The molecule has 2 aromatic rings. The summed E-state index contributed by atoms with van der Waals surface area (Å²) in [6.45, 7) is 6.79. The number of amides is 1. The second kappa shape index (κ2) is 8.67. The molecule has 0 atom stereocenters. The summed E-state index contributed by atoms with van der Waals surface area (Å²) in [5.74, 6) is -0.208. The maximum atomic E-state index is 12.2. The van der Waals surface area contributed by atoms with Gasteiger partial charge in [0.05, 0.1) is 6.26 Å². The lowest BCUT2D eigenvalue weighted by molar-refractivity contribution is -0.116. The topological polar surface area (TPSA) is 66.5 Å². The van der Waals surface area contributed by atoms with Gasteiger partial charge in [-0.3, -0.25) is 4.79 Å². The first kappa shape index (κ1) is 21.1. The van der Waals surface area contributed by atoms with E-state index in [4.69, 9.17) is 0 Å². The highest BCUT2D eigenvalue weighted by atomic mass is 32.2. The number of hydrogen-bond acceptors (Lipinski definition) is 3. The summed E-state index contributed by atoms with van der Waals surface area (Å²) in [4.78, 5) is 12.2. The van der Waals surface area contributed by atoms with Gasteiger partial charge in [0.2, 0.25) is 15.9 Å². The monoisotopic (exact) mass is 388 g/mol. The number of hydrogen-bond donors (Lipinski definition) is 1. The summed E-state index contributed by atoms with van der Waals surface area (Å²) in [5, 5.41) is 2.83. The predicted octanol–water partition coefficient (Wildman–Crippen LogP) is 3.77. The quantitative estimate of drug-likeness (QED) is 0.785. The van der Waals surface area contributed by atoms with Crippen molar-refractivity contribution in [2.75, 3.05) is 18.1 Å². The third-order valence-corrected chi connectivity index (χ3v) is 5.54. The van der Waals surface area contributed by atoms with E-state index < -0.39 is 10.0 Å². The highest BCUT2D eigenvalue weighted by Crippen LogP contribution is 2.23. The Balaban J connectivity index is 1.95. The maximum absolute atomic E-state index is 12.2. The number of sulfonamides is 1. The number of carbonyl (C=O) groups excluding carboxylic acids is 1. The van der Waals surface area contributed by atoms with Gasteiger partial charge in [0, 0.05) is 25.2 Å². The lowest BCUT2D eigenvalue weighted by Crippen LogP contribution is -2.32. The maximum Gasteiger partial charge on any atom is 0.225 e. The first-order chi connectivity index (χ1) is 12.6. The van der Waals surface area contributed by atoms with E-state index in [-0.39, 0.29) is 30.8 Å². The van der Waals surface area contributed by atoms with Gasteiger partial charge >= 0.3 is 0 Å². The molecule has 1 amide bonds. The van der Waals surface area contributed by atoms with Crippen LogP contribution >= 0.6 is 0 Å². The Labute approximate surface area is 162 Å². The van der Waals surface area contributed by atoms with Crippen molar-refractivity contribution in [2.24, 2.45) is 0 Å². The average molecular weight is 389 g/mol. The summed E-state index contributed by atoms with van der Waals surface area (Å²) in [6.07, 6.45) is 1.26. The van der Waals surface area contributed by atoms with Gasteiger partial charge < -0.3 is 5.32 Å². The van der Waals surface area contributed by atoms with E-state index in [1.807, 2.05) is 54.6 Å². The molecule has 0 aliphatic heterocycles. The molecule has 2 aromatic carbocycles. The number of anilines is 1. The SMILES string of the molecule is CC(C)(C)c1ccc(NC(=O)CCN(Cc2ccccc2)S(C)(=O)=O)cc1. The molecule has 2 rings (SSSR count). The third kappa shape index (κ3) is 6.81. The van der Waals surface area contributed by atoms with Crippen LogP contribution in [0.25, 0.3) is 0 Å². The fraction of sp³-hybridized carbons (Fsp3) is 0.381. The van der Waals surface area contributed by atoms with Gasteiger partial charge in [-0.1, -0.05) is 63.2 Å². The van der Waals surface area contributed by atoms with Crippen molar-refractivity contribution in [3.05, 3.63) is 65.7 Å². The van der Waals surface area contributed by atoms with Crippen molar-refractivity contribution in [1.29, 1.82) is 0 Å². The van der Waals surface area contributed by atoms with Crippen molar-refractivity contribution >= 4 is 21.6 Å². The summed E-state index contributed by atoms with van der Waals surface area (Å²) < 4.78 is 25.4. The van der Waals surface area contributed by atoms with Gasteiger partial charge in [0.1, 0.15) is 0 Å². The van der Waals surface area contributed by atoms with Crippen molar-refractivity contribution in [2.45, 2.75) is 39.2 Å². The third-order valence-electron chi connectivity index (χ3n) is 4.29. The van der Waals surface area contributed by atoms with E-state index in [9.17, 15) is 13.2 Å². The van der Waals surface area contributed by atoms with E-state index in [0.717, 1.165) is 5.56 Å². The van der Waals surface area contributed by atoms with Crippen molar-refractivity contribution in [1.82, 2.24) is 4.31 Å². The number of rotatable bonds is 7. The summed E-state index contributed by atoms with van der Waals surface area (Å²) in [6, 6.07) is 17.1. The van der Waals surface area contributed by atoms with Crippen molar-refractivity contribution in [3.8, 4) is 0 Å². The molecule has 0 unspecified atom stereocenters. The minimum Gasteiger partial charge on any atom is -0.326 e. The van der Waals surface area contributed by atoms with Crippen LogP contribution in [0.4, 0.5) is 5.69 Å². The van der Waals surface area contributed by atoms with E-state index >= 15 is 0 Å². The second-order valence-corrected chi connectivity index (χ2v) is 9.69. The molecule has 0 aliphatic rings. The molecule has 0 heterocycles. The van der Waals surface area contributed by atoms with Crippen LogP contribution in [0.1, 0.15) is 38.3 Å². The fourth-order valence-corrected chi connectivity index (χ4v) is 3.46. The molecule has 0 saturated carbocycles. The zero-order valence-corrected chi connectivity index (χ0v) is 17.2. The van der Waals surface area contributed by atoms with E-state index in [1.165, 1.54) is 16.1 Å². The summed E-state index contributed by atoms with van der Waals surface area (Å²) in [5.41, 5.74) is 2.84. The molecule has 6 heteroatoms. The number of nitrogens with one attached hydrogen (secondary N) is 1. The number of nitrogens with zero attached hydrogens (tertiary/aromatic N) is 1. The smallest absolute Gasteiger partial charge is 0.225 e. The molecule has 0 spiro atoms. The zero-order valence-electron chi connectivity index (χ0n) is 16.4. The minimum absolute atomic E-state index is 0.0516. The summed E-state index contributed by atoms with van der Waals surface area (Å²) in [7, 11) is -3.40. The van der Waals surface area contributed by atoms with Crippen LogP contribution in [-0.4, -0.2) is 31.4 Å². The molecule has 0 fully saturated rings. The van der Waals surface area contributed by atoms with Crippen molar-refractivity contribution < 1.29 is 13.2 Å². The Bertz CT molecular complexity index is 855. The molecule has 27 heavy (non-hydrogen) atoms. The minimum atomic E-state index is -3.40. The molecule has 0 aromatic heterocycles. The highest BCUT2D eigenvalue weighted by molar-refractivity contribution is 7.88. The molecule has 0 radical (unpaired) electrons. The molecular formula is C21H28N2O3S. The molecule has 1 N–H and O–H groups in total. The van der Waals surface area contributed by atoms with Crippen molar-refractivity contribution in [3.63, 3.8) is 0 Å². The molecule has 0 aliphatic carbocycles. The van der Waals surface area contributed by atoms with E-state index in [1.54, 1.807) is 0 Å². The average Bonchev–Trinajstić information content (AvgIpc) is 2.58. The Morgan fingerprint density at radius 1 is 1.00 bits per heavy atom. The van der Waals surface area contributed by atoms with Crippen LogP contribution < -0.4 is 5.32 Å². The lowest BCUT2D eigenvalue weighted by atomic mass is 9.87. The number of carbonyl (C=O) groups is 1. The van der Waals surface area contributed by atoms with E-state index in [0.29, 0.717) is 5.69 Å². The fourth-order valence-electron chi connectivity index (χ4n) is 2.65. The van der Waals surface area contributed by atoms with E-state index in [2.05, 4.69) is 26.1 Å². The first-order valence-corrected chi connectivity index (χ1v) is 10.8. The van der Waals surface area contributed by atoms with Crippen LogP contribution in [0.2, 0.25) is 0 Å². The van der Waals surface area contributed by atoms with Crippen LogP contribution in [0, 0.1) is 0 Å². The Morgan fingerprint density at radius 3 is 2.11 bits per heavy atom. The van der Waals surface area contributed by atoms with Gasteiger partial charge in [-0.2, -0.15) is 4.31 Å².